The van der Waals surface area contributed by atoms with Crippen LogP contribution in [0.1, 0.15) is 84.0 Å². The van der Waals surface area contributed by atoms with E-state index < -0.39 is 10.4 Å². The molecule has 0 saturated heterocycles. The first-order chi connectivity index (χ1) is 15.4. The van der Waals surface area contributed by atoms with Crippen molar-refractivity contribution in [3.05, 3.63) is 0 Å². The van der Waals surface area contributed by atoms with Gasteiger partial charge >= 0.3 is 10.4 Å². The average molecular weight is 492 g/mol. The molecule has 0 aliphatic heterocycles. The number of aliphatic hydroxyl groups is 3. The van der Waals surface area contributed by atoms with Crippen molar-refractivity contribution in [1.29, 1.82) is 0 Å². The van der Waals surface area contributed by atoms with Crippen molar-refractivity contribution >= 4 is 10.4 Å². The third-order valence-corrected chi connectivity index (χ3v) is 4.56. The number of unbranched alkanes of at least 4 members (excludes halogenated alkanes) is 11. The smallest absolute Gasteiger partial charge is 0.394 e. The number of hydrogen-bond acceptors (Lipinski definition) is 10. The van der Waals surface area contributed by atoms with Gasteiger partial charge in [0.2, 0.25) is 0 Å². The molecule has 0 aromatic rings. The van der Waals surface area contributed by atoms with Gasteiger partial charge in [-0.15, -0.1) is 0 Å². The van der Waals surface area contributed by atoms with Crippen molar-refractivity contribution in [2.45, 2.75) is 84.0 Å². The molecule has 4 N–H and O–H groups in total. The third kappa shape index (κ3) is 31.8. The molecule has 0 saturated carbocycles. The van der Waals surface area contributed by atoms with E-state index in [-0.39, 0.29) is 46.2 Å². The Balaban J connectivity index is 0. The largest absolute Gasteiger partial charge is 0.397 e. The maximum atomic E-state index is 10.3. The molecule has 0 aliphatic carbocycles. The van der Waals surface area contributed by atoms with Gasteiger partial charge in [0.25, 0.3) is 0 Å². The highest BCUT2D eigenvalue weighted by molar-refractivity contribution is 7.80. The SMILES string of the molecule is CCCCCCCCCCCCCCOS(=O)(=O)O.OCCON(OCCO)OCCO. The van der Waals surface area contributed by atoms with E-state index in [0.717, 1.165) is 12.8 Å². The van der Waals surface area contributed by atoms with Crippen molar-refractivity contribution in [3.8, 4) is 0 Å². The lowest BCUT2D eigenvalue weighted by Crippen LogP contribution is -2.28. The molecule has 0 radical (unpaired) electrons. The maximum Gasteiger partial charge on any atom is 0.397 e. The molecular weight excluding hydrogens is 446 g/mol. The summed E-state index contributed by atoms with van der Waals surface area (Å²) >= 11 is 0. The van der Waals surface area contributed by atoms with Gasteiger partial charge in [-0.3, -0.25) is 4.55 Å². The minimum absolute atomic E-state index is 0.0108. The second-order valence-corrected chi connectivity index (χ2v) is 8.12. The Bertz CT molecular complexity index is 435. The van der Waals surface area contributed by atoms with E-state index in [1.165, 1.54) is 57.8 Å². The number of nitrogens with zero attached hydrogens (tertiary/aromatic N) is 1. The molecule has 0 spiro atoms. The van der Waals surface area contributed by atoms with Crippen molar-refractivity contribution < 1.29 is 47.0 Å². The molecule has 0 bridgehead atoms. The Labute approximate surface area is 193 Å². The summed E-state index contributed by atoms with van der Waals surface area (Å²) in [5, 5.41) is 25.9. The van der Waals surface area contributed by atoms with E-state index in [9.17, 15) is 8.42 Å². The number of aliphatic hydroxyl groups excluding tert-OH is 3. The van der Waals surface area contributed by atoms with E-state index in [0.29, 0.717) is 11.8 Å². The fraction of sp³-hybridized carbons (Fsp3) is 1.00. The van der Waals surface area contributed by atoms with Gasteiger partial charge in [-0.2, -0.15) is 8.42 Å². The fourth-order valence-electron chi connectivity index (χ4n) is 2.57. The molecule has 0 aromatic carbocycles. The molecule has 0 aliphatic rings. The highest BCUT2D eigenvalue weighted by Crippen LogP contribution is 2.12. The van der Waals surface area contributed by atoms with Crippen LogP contribution in [0.5, 0.6) is 0 Å². The summed E-state index contributed by atoms with van der Waals surface area (Å²) in [5.74, 6) is 0. The second kappa shape index (κ2) is 26.8. The summed E-state index contributed by atoms with van der Waals surface area (Å²) < 4.78 is 33.1. The molecule has 0 aromatic heterocycles. The van der Waals surface area contributed by atoms with Crippen LogP contribution in [0.15, 0.2) is 0 Å². The first kappa shape index (κ1) is 33.8. The normalized spacial score (nSPS) is 11.6. The van der Waals surface area contributed by atoms with Crippen molar-refractivity contribution in [2.75, 3.05) is 46.2 Å². The molecule has 0 unspecified atom stereocenters. The molecule has 11 nitrogen and oxygen atoms in total. The summed E-state index contributed by atoms with van der Waals surface area (Å²) in [4.78, 5) is 14.1. The van der Waals surface area contributed by atoms with Crippen LogP contribution in [-0.2, 0) is 29.1 Å². The van der Waals surface area contributed by atoms with Gasteiger partial charge in [0.15, 0.2) is 0 Å². The van der Waals surface area contributed by atoms with Gasteiger partial charge in [0, 0.05) is 0 Å². The van der Waals surface area contributed by atoms with Crippen LogP contribution in [0.25, 0.3) is 0 Å². The number of hydrogen-bond donors (Lipinski definition) is 4. The Hall–Kier alpha value is -0.410. The minimum Gasteiger partial charge on any atom is -0.394 e. The Morgan fingerprint density at radius 3 is 1.25 bits per heavy atom. The number of rotatable bonds is 23. The first-order valence-electron chi connectivity index (χ1n) is 11.5. The zero-order valence-electron chi connectivity index (χ0n) is 19.5. The molecule has 0 amide bonds. The maximum absolute atomic E-state index is 10.3. The highest BCUT2D eigenvalue weighted by atomic mass is 32.3. The Morgan fingerprint density at radius 2 is 0.938 bits per heavy atom. The van der Waals surface area contributed by atoms with Gasteiger partial charge in [0.05, 0.1) is 51.6 Å². The van der Waals surface area contributed by atoms with Gasteiger partial charge in [0.1, 0.15) is 0 Å². The fourth-order valence-corrected chi connectivity index (χ4v) is 2.89. The van der Waals surface area contributed by atoms with Gasteiger partial charge in [-0.1, -0.05) is 77.6 Å². The summed E-state index contributed by atoms with van der Waals surface area (Å²) in [6.07, 6.45) is 14.7. The lowest BCUT2D eigenvalue weighted by atomic mass is 10.1. The monoisotopic (exact) mass is 491 g/mol. The lowest BCUT2D eigenvalue weighted by Gasteiger charge is -2.17. The van der Waals surface area contributed by atoms with Crippen molar-refractivity contribution in [1.82, 2.24) is 5.39 Å². The summed E-state index contributed by atoms with van der Waals surface area (Å²) in [7, 11) is -4.24. The lowest BCUT2D eigenvalue weighted by molar-refractivity contribution is -0.527. The van der Waals surface area contributed by atoms with Crippen molar-refractivity contribution in [3.63, 3.8) is 0 Å². The van der Waals surface area contributed by atoms with Crippen molar-refractivity contribution in [2.24, 2.45) is 0 Å². The zero-order valence-corrected chi connectivity index (χ0v) is 20.3. The second-order valence-electron chi connectivity index (χ2n) is 7.03. The first-order valence-corrected chi connectivity index (χ1v) is 12.9. The van der Waals surface area contributed by atoms with Crippen LogP contribution >= 0.6 is 0 Å². The predicted molar refractivity (Wildman–Crippen MR) is 120 cm³/mol. The molecule has 0 fully saturated rings. The van der Waals surface area contributed by atoms with Gasteiger partial charge < -0.3 is 15.3 Å². The third-order valence-electron chi connectivity index (χ3n) is 4.09. The van der Waals surface area contributed by atoms with Gasteiger partial charge in [-0.25, -0.2) is 18.7 Å². The van der Waals surface area contributed by atoms with Crippen LogP contribution in [-0.4, -0.2) is 79.9 Å². The molecular formula is C20H45NO10S. The molecule has 0 rings (SSSR count). The van der Waals surface area contributed by atoms with E-state index in [2.05, 4.69) is 11.1 Å². The standard InChI is InChI=1S/C14H30O4S.C6H15NO6/c1-2-3-4-5-6-7-8-9-10-11-12-13-14-18-19(15,16)17;8-1-4-11-7(12-5-2-9)13-6-3-10/h2-14H2,1H3,(H,15,16,17);8-10H,1-6H2. The van der Waals surface area contributed by atoms with Crippen LogP contribution in [0.2, 0.25) is 0 Å². The minimum atomic E-state index is -4.24. The Morgan fingerprint density at radius 1 is 0.594 bits per heavy atom. The highest BCUT2D eigenvalue weighted by Gasteiger charge is 2.05. The molecule has 0 atom stereocenters. The van der Waals surface area contributed by atoms with Gasteiger partial charge in [-0.05, 0) is 6.42 Å². The van der Waals surface area contributed by atoms with E-state index in [4.69, 9.17) is 34.4 Å². The summed E-state index contributed by atoms with van der Waals surface area (Å²) in [6, 6.07) is 0. The predicted octanol–water partition coefficient (Wildman–Crippen LogP) is 2.57. The molecule has 196 valence electrons. The Kier molecular flexibility index (Phi) is 28.3. The summed E-state index contributed by atoms with van der Waals surface area (Å²) in [6.45, 7) is 1.83. The topological polar surface area (TPSA) is 155 Å². The quantitative estimate of drug-likeness (QED) is 0.0946. The van der Waals surface area contributed by atoms with Crippen LogP contribution < -0.4 is 0 Å². The van der Waals surface area contributed by atoms with E-state index >= 15 is 0 Å². The zero-order chi connectivity index (χ0) is 24.3. The average Bonchev–Trinajstić information content (AvgIpc) is 2.76. The molecule has 32 heavy (non-hydrogen) atoms. The van der Waals surface area contributed by atoms with E-state index in [1.54, 1.807) is 0 Å². The van der Waals surface area contributed by atoms with E-state index in [1.807, 2.05) is 0 Å². The van der Waals surface area contributed by atoms with Crippen LogP contribution in [0.3, 0.4) is 0 Å². The van der Waals surface area contributed by atoms with Crippen LogP contribution in [0.4, 0.5) is 0 Å². The molecule has 0 heterocycles. The molecule has 12 heteroatoms. The van der Waals surface area contributed by atoms with Crippen LogP contribution in [0, 0.1) is 0 Å². The summed E-state index contributed by atoms with van der Waals surface area (Å²) in [5.41, 5.74) is 0.